The molecule has 0 aliphatic rings. The van der Waals surface area contributed by atoms with Gasteiger partial charge in [-0.15, -0.1) is 0 Å². The van der Waals surface area contributed by atoms with Gasteiger partial charge in [0.25, 0.3) is 0 Å². The second-order valence-corrected chi connectivity index (χ2v) is 6.27. The molecule has 2 aromatic rings. The van der Waals surface area contributed by atoms with E-state index >= 15 is 0 Å². The van der Waals surface area contributed by atoms with Crippen molar-refractivity contribution in [2.75, 3.05) is 5.75 Å². The Hall–Kier alpha value is -1.73. The van der Waals surface area contributed by atoms with Gasteiger partial charge < -0.3 is 0 Å². The van der Waals surface area contributed by atoms with E-state index in [1.165, 1.54) is 0 Å². The molecule has 0 aliphatic carbocycles. The average Bonchev–Trinajstić information content (AvgIpc) is 2.84. The molecular formula is C12H16N4O2S. The van der Waals surface area contributed by atoms with Crippen LogP contribution in [0.15, 0.2) is 30.7 Å². The van der Waals surface area contributed by atoms with E-state index < -0.39 is 10.0 Å². The van der Waals surface area contributed by atoms with E-state index in [0.29, 0.717) is 0 Å². The zero-order chi connectivity index (χ0) is 13.9. The van der Waals surface area contributed by atoms with Crippen LogP contribution < -0.4 is 4.72 Å². The number of aromatic nitrogens is 3. The summed E-state index contributed by atoms with van der Waals surface area (Å²) >= 11 is 0. The zero-order valence-electron chi connectivity index (χ0n) is 10.9. The van der Waals surface area contributed by atoms with Gasteiger partial charge in [-0.25, -0.2) is 13.1 Å². The molecular weight excluding hydrogens is 264 g/mol. The molecule has 0 spiro atoms. The summed E-state index contributed by atoms with van der Waals surface area (Å²) in [5.41, 5.74) is 2.57. The zero-order valence-corrected chi connectivity index (χ0v) is 11.7. The van der Waals surface area contributed by atoms with E-state index in [0.717, 1.165) is 16.8 Å². The van der Waals surface area contributed by atoms with Crippen LogP contribution in [-0.4, -0.2) is 28.9 Å². The summed E-state index contributed by atoms with van der Waals surface area (Å²) in [7, 11) is -1.32. The fourth-order valence-corrected chi connectivity index (χ4v) is 2.14. The lowest BCUT2D eigenvalue weighted by Gasteiger charge is -2.04. The third-order valence-corrected chi connectivity index (χ3v) is 4.05. The van der Waals surface area contributed by atoms with Gasteiger partial charge in [-0.2, -0.15) is 5.10 Å². The molecule has 0 unspecified atom stereocenters. The molecule has 2 aromatic heterocycles. The first-order chi connectivity index (χ1) is 9.00. The van der Waals surface area contributed by atoms with Crippen LogP contribution in [0, 0.1) is 0 Å². The molecule has 102 valence electrons. The van der Waals surface area contributed by atoms with Crippen molar-refractivity contribution in [3.8, 4) is 11.3 Å². The molecule has 1 N–H and O–H groups in total. The van der Waals surface area contributed by atoms with E-state index in [2.05, 4.69) is 14.8 Å². The van der Waals surface area contributed by atoms with Crippen LogP contribution in [0.3, 0.4) is 0 Å². The molecule has 0 saturated carbocycles. The predicted octanol–water partition coefficient (Wildman–Crippen LogP) is 0.921. The molecule has 0 aromatic carbocycles. The van der Waals surface area contributed by atoms with Gasteiger partial charge in [0, 0.05) is 31.5 Å². The summed E-state index contributed by atoms with van der Waals surface area (Å²) in [4.78, 5) is 4.30. The van der Waals surface area contributed by atoms with Crippen molar-refractivity contribution in [3.63, 3.8) is 0 Å². The van der Waals surface area contributed by atoms with Gasteiger partial charge in [-0.05, 0) is 18.6 Å². The largest absolute Gasteiger partial charge is 0.275 e. The van der Waals surface area contributed by atoms with Crippen molar-refractivity contribution in [3.05, 3.63) is 36.3 Å². The molecule has 0 saturated heterocycles. The Morgan fingerprint density at radius 1 is 1.32 bits per heavy atom. The molecule has 7 heteroatoms. The van der Waals surface area contributed by atoms with Crippen LogP contribution >= 0.6 is 0 Å². The Kier molecular flexibility index (Phi) is 3.96. The minimum absolute atomic E-state index is 0.0776. The highest BCUT2D eigenvalue weighted by Gasteiger charge is 2.06. The molecule has 0 amide bonds. The fourth-order valence-electron chi connectivity index (χ4n) is 1.55. The van der Waals surface area contributed by atoms with Crippen molar-refractivity contribution in [2.45, 2.75) is 13.5 Å². The molecule has 0 radical (unpaired) electrons. The third kappa shape index (κ3) is 3.62. The van der Waals surface area contributed by atoms with Gasteiger partial charge in [0.2, 0.25) is 10.0 Å². The summed E-state index contributed by atoms with van der Waals surface area (Å²) < 4.78 is 26.9. The molecule has 2 rings (SSSR count). The van der Waals surface area contributed by atoms with Crippen LogP contribution in [0.5, 0.6) is 0 Å². The first-order valence-electron chi connectivity index (χ1n) is 5.91. The average molecular weight is 280 g/mol. The van der Waals surface area contributed by atoms with Gasteiger partial charge in [-0.3, -0.25) is 9.67 Å². The smallest absolute Gasteiger partial charge is 0.211 e. The quantitative estimate of drug-likeness (QED) is 0.883. The summed E-state index contributed by atoms with van der Waals surface area (Å²) in [6.07, 6.45) is 5.28. The number of pyridine rings is 1. The number of nitrogens with zero attached hydrogens (tertiary/aromatic N) is 3. The van der Waals surface area contributed by atoms with E-state index in [4.69, 9.17) is 0 Å². The lowest BCUT2D eigenvalue weighted by Crippen LogP contribution is -2.24. The topological polar surface area (TPSA) is 76.9 Å². The van der Waals surface area contributed by atoms with Crippen molar-refractivity contribution in [2.24, 2.45) is 7.05 Å². The first kappa shape index (κ1) is 13.7. The number of rotatable bonds is 5. The standard InChI is InChI=1S/C12H16N4O2S/c1-3-19(17,18)15-7-10-4-5-12(13-6-10)11-8-14-16(2)9-11/h4-6,8-9,15H,3,7H2,1-2H3. The highest BCUT2D eigenvalue weighted by molar-refractivity contribution is 7.89. The maximum Gasteiger partial charge on any atom is 0.211 e. The summed E-state index contributed by atoms with van der Waals surface area (Å²) in [5.74, 6) is 0.0776. The number of aryl methyl sites for hydroxylation is 1. The normalized spacial score (nSPS) is 11.7. The van der Waals surface area contributed by atoms with Gasteiger partial charge >= 0.3 is 0 Å². The Bertz CT molecular complexity index is 647. The maximum atomic E-state index is 11.3. The van der Waals surface area contributed by atoms with E-state index in [-0.39, 0.29) is 12.3 Å². The second kappa shape index (κ2) is 5.50. The van der Waals surface area contributed by atoms with Crippen LogP contribution in [0.4, 0.5) is 0 Å². The molecule has 0 atom stereocenters. The number of hydrogen-bond donors (Lipinski definition) is 1. The van der Waals surface area contributed by atoms with Gasteiger partial charge in [0.1, 0.15) is 0 Å². The van der Waals surface area contributed by atoms with E-state index in [1.54, 1.807) is 24.0 Å². The summed E-state index contributed by atoms with van der Waals surface area (Å²) in [5, 5.41) is 4.08. The van der Waals surface area contributed by atoms with E-state index in [1.807, 2.05) is 25.4 Å². The molecule has 0 aliphatic heterocycles. The van der Waals surface area contributed by atoms with Crippen molar-refractivity contribution < 1.29 is 8.42 Å². The Morgan fingerprint density at radius 2 is 2.11 bits per heavy atom. The predicted molar refractivity (Wildman–Crippen MR) is 72.7 cm³/mol. The minimum atomic E-state index is -3.17. The molecule has 6 nitrogen and oxygen atoms in total. The third-order valence-electron chi connectivity index (χ3n) is 2.70. The minimum Gasteiger partial charge on any atom is -0.275 e. The van der Waals surface area contributed by atoms with Gasteiger partial charge in [0.15, 0.2) is 0 Å². The van der Waals surface area contributed by atoms with Crippen molar-refractivity contribution in [1.29, 1.82) is 0 Å². The Morgan fingerprint density at radius 3 is 2.63 bits per heavy atom. The van der Waals surface area contributed by atoms with Crippen LogP contribution in [0.2, 0.25) is 0 Å². The molecule has 2 heterocycles. The number of sulfonamides is 1. The van der Waals surface area contributed by atoms with Gasteiger partial charge in [-0.1, -0.05) is 6.07 Å². The first-order valence-corrected chi connectivity index (χ1v) is 7.56. The van der Waals surface area contributed by atoms with Crippen LogP contribution in [-0.2, 0) is 23.6 Å². The SMILES string of the molecule is CCS(=O)(=O)NCc1ccc(-c2cnn(C)c2)nc1. The highest BCUT2D eigenvalue weighted by Crippen LogP contribution is 2.15. The van der Waals surface area contributed by atoms with Crippen molar-refractivity contribution >= 4 is 10.0 Å². The Labute approximate surface area is 112 Å². The van der Waals surface area contributed by atoms with Crippen molar-refractivity contribution in [1.82, 2.24) is 19.5 Å². The summed E-state index contributed by atoms with van der Waals surface area (Å²) in [6, 6.07) is 3.71. The van der Waals surface area contributed by atoms with Gasteiger partial charge in [0.05, 0.1) is 17.6 Å². The maximum absolute atomic E-state index is 11.3. The monoisotopic (exact) mass is 280 g/mol. The lowest BCUT2D eigenvalue weighted by molar-refractivity contribution is 0.582. The van der Waals surface area contributed by atoms with Crippen LogP contribution in [0.25, 0.3) is 11.3 Å². The highest BCUT2D eigenvalue weighted by atomic mass is 32.2. The van der Waals surface area contributed by atoms with Crippen LogP contribution in [0.1, 0.15) is 12.5 Å². The Balaban J connectivity index is 2.07. The molecule has 0 fully saturated rings. The second-order valence-electron chi connectivity index (χ2n) is 4.18. The lowest BCUT2D eigenvalue weighted by atomic mass is 10.2. The number of hydrogen-bond acceptors (Lipinski definition) is 4. The molecule has 19 heavy (non-hydrogen) atoms. The van der Waals surface area contributed by atoms with E-state index in [9.17, 15) is 8.42 Å². The fraction of sp³-hybridized carbons (Fsp3) is 0.333. The molecule has 0 bridgehead atoms. The number of nitrogens with one attached hydrogen (secondary N) is 1. The summed E-state index contributed by atoms with van der Waals surface area (Å²) in [6.45, 7) is 1.86.